The van der Waals surface area contributed by atoms with Crippen LogP contribution >= 0.6 is 0 Å². The maximum absolute atomic E-state index is 10.4. The van der Waals surface area contributed by atoms with E-state index in [1.54, 1.807) is 7.11 Å². The Morgan fingerprint density at radius 2 is 1.65 bits per heavy atom. The van der Waals surface area contributed by atoms with Crippen molar-refractivity contribution in [1.29, 1.82) is 0 Å². The van der Waals surface area contributed by atoms with Crippen LogP contribution < -0.4 is 0 Å². The molecular weight excluding hydrogens is 212 g/mol. The molecule has 1 atom stereocenters. The largest absolute Gasteiger partial charge is 0.385 e. The smallest absolute Gasteiger partial charge is 0.108 e. The summed E-state index contributed by atoms with van der Waals surface area (Å²) in [6.45, 7) is 4.35. The molecule has 1 saturated carbocycles. The van der Waals surface area contributed by atoms with E-state index in [0.717, 1.165) is 24.8 Å². The summed E-state index contributed by atoms with van der Waals surface area (Å²) in [6.07, 6.45) is 2.56. The molecule has 2 nitrogen and oxygen atoms in total. The molecule has 0 amide bonds. The molecule has 1 aliphatic carbocycles. The second kappa shape index (κ2) is 4.79. The molecule has 1 aliphatic rings. The van der Waals surface area contributed by atoms with Crippen LogP contribution in [0.25, 0.3) is 0 Å². The molecule has 2 heteroatoms. The normalized spacial score (nSPS) is 20.1. The minimum Gasteiger partial charge on any atom is -0.385 e. The van der Waals surface area contributed by atoms with Gasteiger partial charge in [-0.1, -0.05) is 38.1 Å². The Morgan fingerprint density at radius 1 is 1.12 bits per heavy atom. The Balaban J connectivity index is 2.16. The van der Waals surface area contributed by atoms with Crippen molar-refractivity contribution in [3.63, 3.8) is 0 Å². The van der Waals surface area contributed by atoms with Gasteiger partial charge in [0.05, 0.1) is 5.60 Å². The summed E-state index contributed by atoms with van der Waals surface area (Å²) >= 11 is 0. The molecule has 0 bridgehead atoms. The molecule has 0 aliphatic heterocycles. The first kappa shape index (κ1) is 12.6. The first-order valence-corrected chi connectivity index (χ1v) is 6.42. The number of methoxy groups -OCH3 is 1. The van der Waals surface area contributed by atoms with Crippen molar-refractivity contribution in [2.24, 2.45) is 0 Å². The topological polar surface area (TPSA) is 29.5 Å². The van der Waals surface area contributed by atoms with Gasteiger partial charge in [-0.2, -0.15) is 0 Å². The van der Waals surface area contributed by atoms with Gasteiger partial charge < -0.3 is 9.84 Å². The fourth-order valence-electron chi connectivity index (χ4n) is 2.48. The average Bonchev–Trinajstić information content (AvgIpc) is 2.28. The molecule has 94 valence electrons. The maximum Gasteiger partial charge on any atom is 0.108 e. The minimum atomic E-state index is -0.498. The van der Waals surface area contributed by atoms with E-state index in [1.165, 1.54) is 5.56 Å². The van der Waals surface area contributed by atoms with Gasteiger partial charge in [0.25, 0.3) is 0 Å². The Morgan fingerprint density at radius 3 is 2.00 bits per heavy atom. The van der Waals surface area contributed by atoms with E-state index >= 15 is 0 Å². The van der Waals surface area contributed by atoms with Crippen molar-refractivity contribution < 1.29 is 9.84 Å². The van der Waals surface area contributed by atoms with E-state index in [1.807, 2.05) is 12.1 Å². The number of aliphatic hydroxyl groups excluding tert-OH is 1. The Bertz CT molecular complexity index is 358. The van der Waals surface area contributed by atoms with Gasteiger partial charge in [0, 0.05) is 7.11 Å². The van der Waals surface area contributed by atoms with Gasteiger partial charge in [0.15, 0.2) is 0 Å². The van der Waals surface area contributed by atoms with Crippen molar-refractivity contribution in [3.8, 4) is 0 Å². The number of benzene rings is 1. The molecule has 2 rings (SSSR count). The summed E-state index contributed by atoms with van der Waals surface area (Å²) in [6, 6.07) is 8.26. The van der Waals surface area contributed by atoms with Gasteiger partial charge in [0.2, 0.25) is 0 Å². The predicted octanol–water partition coefficient (Wildman–Crippen LogP) is 3.41. The van der Waals surface area contributed by atoms with E-state index < -0.39 is 6.10 Å². The summed E-state index contributed by atoms with van der Waals surface area (Å²) in [7, 11) is 1.70. The zero-order valence-corrected chi connectivity index (χ0v) is 10.9. The van der Waals surface area contributed by atoms with Crippen LogP contribution in [-0.2, 0) is 4.74 Å². The second-order valence-electron chi connectivity index (χ2n) is 5.35. The van der Waals surface area contributed by atoms with Crippen LogP contribution in [0.3, 0.4) is 0 Å². The van der Waals surface area contributed by atoms with E-state index in [2.05, 4.69) is 26.0 Å². The highest BCUT2D eigenvalue weighted by atomic mass is 16.5. The van der Waals surface area contributed by atoms with Crippen LogP contribution in [0.5, 0.6) is 0 Å². The molecule has 0 saturated heterocycles. The molecule has 0 radical (unpaired) electrons. The SMILES string of the molecule is COC1(C(O)c2ccc(C(C)C)cc2)CCC1. The van der Waals surface area contributed by atoms with Gasteiger partial charge >= 0.3 is 0 Å². The van der Waals surface area contributed by atoms with Crippen molar-refractivity contribution >= 4 is 0 Å². The van der Waals surface area contributed by atoms with Crippen molar-refractivity contribution in [3.05, 3.63) is 35.4 Å². The standard InChI is InChI=1S/C15H22O2/c1-11(2)12-5-7-13(8-6-12)14(16)15(17-3)9-4-10-15/h5-8,11,14,16H,4,9-10H2,1-3H3. The summed E-state index contributed by atoms with van der Waals surface area (Å²) in [4.78, 5) is 0. The molecule has 1 aromatic carbocycles. The molecule has 1 unspecified atom stereocenters. The lowest BCUT2D eigenvalue weighted by atomic mass is 9.73. The Labute approximate surface area is 104 Å². The zero-order valence-electron chi connectivity index (χ0n) is 10.9. The van der Waals surface area contributed by atoms with E-state index in [0.29, 0.717) is 5.92 Å². The van der Waals surface area contributed by atoms with Gasteiger partial charge in [-0.25, -0.2) is 0 Å². The molecule has 1 fully saturated rings. The molecule has 0 heterocycles. The third-order valence-corrected chi connectivity index (χ3v) is 4.02. The van der Waals surface area contributed by atoms with Gasteiger partial charge in [-0.05, 0) is 36.3 Å². The van der Waals surface area contributed by atoms with Crippen molar-refractivity contribution in [1.82, 2.24) is 0 Å². The first-order valence-electron chi connectivity index (χ1n) is 6.42. The fourth-order valence-corrected chi connectivity index (χ4v) is 2.48. The predicted molar refractivity (Wildman–Crippen MR) is 69.1 cm³/mol. The van der Waals surface area contributed by atoms with E-state index in [-0.39, 0.29) is 5.60 Å². The molecule has 17 heavy (non-hydrogen) atoms. The van der Waals surface area contributed by atoms with Gasteiger partial charge in [-0.15, -0.1) is 0 Å². The lowest BCUT2D eigenvalue weighted by molar-refractivity contribution is -0.151. The average molecular weight is 234 g/mol. The maximum atomic E-state index is 10.4. The summed E-state index contributed by atoms with van der Waals surface area (Å²) in [5.41, 5.74) is 1.94. The van der Waals surface area contributed by atoms with Crippen LogP contribution in [0.2, 0.25) is 0 Å². The van der Waals surface area contributed by atoms with E-state index in [4.69, 9.17) is 4.74 Å². The highest BCUT2D eigenvalue weighted by molar-refractivity contribution is 5.28. The Hall–Kier alpha value is -0.860. The fraction of sp³-hybridized carbons (Fsp3) is 0.600. The second-order valence-corrected chi connectivity index (χ2v) is 5.35. The number of aliphatic hydroxyl groups is 1. The zero-order chi connectivity index (χ0) is 12.5. The quantitative estimate of drug-likeness (QED) is 0.865. The highest BCUT2D eigenvalue weighted by Crippen LogP contribution is 2.44. The summed E-state index contributed by atoms with van der Waals surface area (Å²) in [5.74, 6) is 0.529. The number of hydrogen-bond donors (Lipinski definition) is 1. The van der Waals surface area contributed by atoms with Gasteiger partial charge in [0.1, 0.15) is 6.10 Å². The summed E-state index contributed by atoms with van der Waals surface area (Å²) < 4.78 is 5.52. The monoisotopic (exact) mass is 234 g/mol. The molecule has 0 aromatic heterocycles. The van der Waals surface area contributed by atoms with Crippen LogP contribution in [0, 0.1) is 0 Å². The first-order chi connectivity index (χ1) is 8.09. The van der Waals surface area contributed by atoms with Gasteiger partial charge in [-0.3, -0.25) is 0 Å². The van der Waals surface area contributed by atoms with Crippen LogP contribution in [0.1, 0.15) is 56.3 Å². The molecular formula is C15H22O2. The highest BCUT2D eigenvalue weighted by Gasteiger charge is 2.44. The molecule has 1 aromatic rings. The lowest BCUT2D eigenvalue weighted by Gasteiger charge is -2.44. The van der Waals surface area contributed by atoms with Crippen LogP contribution in [-0.4, -0.2) is 17.8 Å². The lowest BCUT2D eigenvalue weighted by Crippen LogP contribution is -2.45. The number of ether oxygens (including phenoxy) is 1. The third kappa shape index (κ3) is 2.24. The molecule has 0 spiro atoms. The van der Waals surface area contributed by atoms with Crippen molar-refractivity contribution in [2.45, 2.75) is 50.7 Å². The summed E-state index contributed by atoms with van der Waals surface area (Å²) in [5, 5.41) is 10.4. The van der Waals surface area contributed by atoms with Crippen molar-refractivity contribution in [2.75, 3.05) is 7.11 Å². The molecule has 1 N–H and O–H groups in total. The van der Waals surface area contributed by atoms with E-state index in [9.17, 15) is 5.11 Å². The number of rotatable bonds is 4. The van der Waals surface area contributed by atoms with Crippen LogP contribution in [0.4, 0.5) is 0 Å². The number of hydrogen-bond acceptors (Lipinski definition) is 2. The minimum absolute atomic E-state index is 0.334. The Kier molecular flexibility index (Phi) is 3.55. The third-order valence-electron chi connectivity index (χ3n) is 4.02. The van der Waals surface area contributed by atoms with Crippen LogP contribution in [0.15, 0.2) is 24.3 Å².